The van der Waals surface area contributed by atoms with Crippen LogP contribution in [-0.4, -0.2) is 56.3 Å². The average Bonchev–Trinajstić information content (AvgIpc) is 3.00. The Hall–Kier alpha value is -4.41. The van der Waals surface area contributed by atoms with Gasteiger partial charge in [0.2, 0.25) is 15.9 Å². The number of nitrogens with zero attached hydrogens (tertiary/aromatic N) is 3. The molecule has 1 aliphatic heterocycles. The van der Waals surface area contributed by atoms with Crippen LogP contribution in [0.15, 0.2) is 103 Å². The molecule has 224 valence electrons. The van der Waals surface area contributed by atoms with Crippen molar-refractivity contribution >= 4 is 27.4 Å². The zero-order valence-corrected chi connectivity index (χ0v) is 25.0. The van der Waals surface area contributed by atoms with Gasteiger partial charge in [-0.3, -0.25) is 14.5 Å². The van der Waals surface area contributed by atoms with Crippen molar-refractivity contribution in [2.75, 3.05) is 35.5 Å². The van der Waals surface area contributed by atoms with Gasteiger partial charge < -0.3 is 10.1 Å². The van der Waals surface area contributed by atoms with Crippen LogP contribution in [0.1, 0.15) is 24.0 Å². The summed E-state index contributed by atoms with van der Waals surface area (Å²) in [4.78, 5) is 22.2. The van der Waals surface area contributed by atoms with Crippen LogP contribution in [0.25, 0.3) is 0 Å². The highest BCUT2D eigenvalue weighted by molar-refractivity contribution is 7.92. The van der Waals surface area contributed by atoms with E-state index < -0.39 is 10.0 Å². The highest BCUT2D eigenvalue weighted by Crippen LogP contribution is 2.26. The molecular weight excluding hydrogens is 562 g/mol. The van der Waals surface area contributed by atoms with E-state index in [0.29, 0.717) is 23.9 Å². The number of nitrogens with one attached hydrogen (secondary N) is 2. The second-order valence-electron chi connectivity index (χ2n) is 10.7. The van der Waals surface area contributed by atoms with Crippen LogP contribution in [-0.2, 0) is 23.0 Å². The molecule has 2 heterocycles. The monoisotopic (exact) mass is 599 g/mol. The van der Waals surface area contributed by atoms with Gasteiger partial charge in [-0.1, -0.05) is 54.6 Å². The molecule has 0 unspecified atom stereocenters. The van der Waals surface area contributed by atoms with Crippen LogP contribution in [0.5, 0.6) is 11.6 Å². The van der Waals surface area contributed by atoms with E-state index in [1.165, 1.54) is 5.56 Å². The molecule has 43 heavy (non-hydrogen) atoms. The number of carbonyl (C=O) groups is 1. The molecule has 0 aliphatic carbocycles. The van der Waals surface area contributed by atoms with E-state index >= 15 is 0 Å². The largest absolute Gasteiger partial charge is 0.439 e. The van der Waals surface area contributed by atoms with Crippen molar-refractivity contribution in [3.8, 4) is 11.6 Å². The summed E-state index contributed by atoms with van der Waals surface area (Å²) in [6, 6.07) is 30.7. The molecule has 1 saturated heterocycles. The van der Waals surface area contributed by atoms with Gasteiger partial charge in [0.1, 0.15) is 5.75 Å². The van der Waals surface area contributed by atoms with Gasteiger partial charge in [0.25, 0.3) is 0 Å². The molecule has 9 nitrogen and oxygen atoms in total. The van der Waals surface area contributed by atoms with E-state index in [0.717, 1.165) is 56.4 Å². The summed E-state index contributed by atoms with van der Waals surface area (Å²) in [7, 11) is -3.33. The van der Waals surface area contributed by atoms with E-state index in [1.54, 1.807) is 24.3 Å². The number of hydrogen-bond donors (Lipinski definition) is 2. The summed E-state index contributed by atoms with van der Waals surface area (Å²) < 4.78 is 31.0. The number of pyridine rings is 1. The Morgan fingerprint density at radius 3 is 2.21 bits per heavy atom. The summed E-state index contributed by atoms with van der Waals surface area (Å²) in [5, 5.41) is 3.14. The van der Waals surface area contributed by atoms with Crippen LogP contribution in [0.3, 0.4) is 0 Å². The SMILES string of the molecule is CS(=O)(=O)Nc1ccc(Oc2ccc(CN3CCC(N(C(=O)NCCc4ccccc4)c4ccccc4)CC3)cn2)cc1. The van der Waals surface area contributed by atoms with Gasteiger partial charge in [0.05, 0.1) is 6.26 Å². The average molecular weight is 600 g/mol. The second kappa shape index (κ2) is 14.2. The van der Waals surface area contributed by atoms with E-state index in [4.69, 9.17) is 4.74 Å². The van der Waals surface area contributed by atoms with Crippen LogP contribution >= 0.6 is 0 Å². The molecule has 1 aliphatic rings. The first kappa shape index (κ1) is 30.1. The number of para-hydroxylation sites is 1. The lowest BCUT2D eigenvalue weighted by atomic mass is 10.0. The Balaban J connectivity index is 1.13. The van der Waals surface area contributed by atoms with Crippen molar-refractivity contribution in [2.45, 2.75) is 31.8 Å². The molecule has 5 rings (SSSR count). The van der Waals surface area contributed by atoms with E-state index in [2.05, 4.69) is 32.1 Å². The molecule has 1 aromatic heterocycles. The minimum absolute atomic E-state index is 0.0540. The molecule has 1 fully saturated rings. The smallest absolute Gasteiger partial charge is 0.322 e. The highest BCUT2D eigenvalue weighted by Gasteiger charge is 2.29. The Morgan fingerprint density at radius 1 is 0.907 bits per heavy atom. The van der Waals surface area contributed by atoms with E-state index in [1.807, 2.05) is 71.8 Å². The van der Waals surface area contributed by atoms with Gasteiger partial charge in [-0.15, -0.1) is 0 Å². The van der Waals surface area contributed by atoms with Crippen molar-refractivity contribution in [3.63, 3.8) is 0 Å². The summed E-state index contributed by atoms with van der Waals surface area (Å²) >= 11 is 0. The third-order valence-electron chi connectivity index (χ3n) is 7.29. The van der Waals surface area contributed by atoms with E-state index in [9.17, 15) is 13.2 Å². The number of benzene rings is 3. The molecule has 0 radical (unpaired) electrons. The number of piperidine rings is 1. The maximum atomic E-state index is 13.4. The van der Waals surface area contributed by atoms with Crippen molar-refractivity contribution in [1.82, 2.24) is 15.2 Å². The number of amides is 2. The fourth-order valence-corrected chi connectivity index (χ4v) is 5.77. The minimum atomic E-state index is -3.33. The van der Waals surface area contributed by atoms with Gasteiger partial charge in [0, 0.05) is 55.9 Å². The molecule has 0 bridgehead atoms. The summed E-state index contributed by atoms with van der Waals surface area (Å²) in [5.74, 6) is 1.02. The highest BCUT2D eigenvalue weighted by atomic mass is 32.2. The molecule has 2 N–H and O–H groups in total. The van der Waals surface area contributed by atoms with Crippen LogP contribution < -0.4 is 19.7 Å². The van der Waals surface area contributed by atoms with Crippen molar-refractivity contribution in [2.24, 2.45) is 0 Å². The predicted octanol–water partition coefficient (Wildman–Crippen LogP) is 5.67. The third-order valence-corrected chi connectivity index (χ3v) is 7.90. The van der Waals surface area contributed by atoms with Gasteiger partial charge in [-0.05, 0) is 66.8 Å². The lowest BCUT2D eigenvalue weighted by molar-refractivity contribution is 0.197. The molecule has 0 saturated carbocycles. The first-order chi connectivity index (χ1) is 20.8. The Kier molecular flexibility index (Phi) is 9.91. The molecule has 0 atom stereocenters. The Bertz CT molecular complexity index is 1560. The van der Waals surface area contributed by atoms with Gasteiger partial charge in [-0.25, -0.2) is 18.2 Å². The number of aromatic nitrogens is 1. The topological polar surface area (TPSA) is 104 Å². The fourth-order valence-electron chi connectivity index (χ4n) is 5.21. The first-order valence-corrected chi connectivity index (χ1v) is 16.3. The van der Waals surface area contributed by atoms with Crippen molar-refractivity contribution in [1.29, 1.82) is 0 Å². The molecular formula is C33H37N5O4S. The zero-order valence-electron chi connectivity index (χ0n) is 24.2. The Morgan fingerprint density at radius 2 is 1.58 bits per heavy atom. The molecule has 2 amide bonds. The van der Waals surface area contributed by atoms with Crippen LogP contribution in [0.2, 0.25) is 0 Å². The molecule has 0 spiro atoms. The van der Waals surface area contributed by atoms with E-state index in [-0.39, 0.29) is 12.1 Å². The van der Waals surface area contributed by atoms with Crippen LogP contribution in [0, 0.1) is 0 Å². The molecule has 3 aromatic carbocycles. The first-order valence-electron chi connectivity index (χ1n) is 14.4. The summed E-state index contributed by atoms with van der Waals surface area (Å²) in [6.45, 7) is 3.10. The zero-order chi connectivity index (χ0) is 30.1. The van der Waals surface area contributed by atoms with Gasteiger partial charge in [-0.2, -0.15) is 0 Å². The second-order valence-corrected chi connectivity index (χ2v) is 12.4. The number of sulfonamides is 1. The maximum absolute atomic E-state index is 13.4. The molecule has 4 aromatic rings. The summed E-state index contributed by atoms with van der Waals surface area (Å²) in [6.07, 6.45) is 5.47. The lowest BCUT2D eigenvalue weighted by Gasteiger charge is -2.38. The standard InChI is InChI=1S/C33H37N5O4S/c1-43(40,41)36-28-13-15-31(16-14-28)42-32-17-12-27(24-35-32)25-37-22-19-30(20-23-37)38(29-10-6-3-7-11-29)33(39)34-21-18-26-8-4-2-5-9-26/h2-17,24,30,36H,18-23,25H2,1H3,(H,34,39). The number of anilines is 2. The third kappa shape index (κ3) is 9.04. The normalized spacial score (nSPS) is 14.2. The maximum Gasteiger partial charge on any atom is 0.322 e. The van der Waals surface area contributed by atoms with Crippen LogP contribution in [0.4, 0.5) is 16.2 Å². The Labute approximate surface area is 253 Å². The quantitative estimate of drug-likeness (QED) is 0.230. The number of likely N-dealkylation sites (tertiary alicyclic amines) is 1. The lowest BCUT2D eigenvalue weighted by Crippen LogP contribution is -2.51. The van der Waals surface area contributed by atoms with Gasteiger partial charge >= 0.3 is 6.03 Å². The number of ether oxygens (including phenoxy) is 1. The number of rotatable bonds is 11. The predicted molar refractivity (Wildman–Crippen MR) is 170 cm³/mol. The number of urea groups is 1. The summed E-state index contributed by atoms with van der Waals surface area (Å²) in [5.41, 5.74) is 3.67. The number of hydrogen-bond acceptors (Lipinski definition) is 6. The van der Waals surface area contributed by atoms with Crippen molar-refractivity contribution < 1.29 is 17.9 Å². The minimum Gasteiger partial charge on any atom is -0.439 e. The number of carbonyl (C=O) groups excluding carboxylic acids is 1. The van der Waals surface area contributed by atoms with Crippen molar-refractivity contribution in [3.05, 3.63) is 114 Å². The van der Waals surface area contributed by atoms with Gasteiger partial charge in [0.15, 0.2) is 0 Å². The fraction of sp³-hybridized carbons (Fsp3) is 0.273. The molecule has 10 heteroatoms.